The van der Waals surface area contributed by atoms with Gasteiger partial charge in [0.25, 0.3) is 0 Å². The molecule has 6 heteroatoms. The molecule has 4 rings (SSSR count). The minimum absolute atomic E-state index is 0.0360. The first-order valence-electron chi connectivity index (χ1n) is 8.96. The number of carbonyl (C=O) groups excluding carboxylic acids is 2. The monoisotopic (exact) mass is 350 g/mol. The average molecular weight is 350 g/mol. The fraction of sp³-hybridized carbons (Fsp3) is 0.350. The zero-order valence-electron chi connectivity index (χ0n) is 14.6. The highest BCUT2D eigenvalue weighted by Gasteiger charge is 2.37. The maximum atomic E-state index is 12.9. The number of H-pyrrole nitrogens is 1. The third-order valence-electron chi connectivity index (χ3n) is 5.10. The summed E-state index contributed by atoms with van der Waals surface area (Å²) in [4.78, 5) is 36.5. The van der Waals surface area contributed by atoms with Gasteiger partial charge >= 0.3 is 0 Å². The number of rotatable bonds is 4. The SMILES string of the molecule is C=CCN1C[C@H](C(=O)N2CCc3nc(-c4ccccc4)[nH]c3C2)CC1=O. The van der Waals surface area contributed by atoms with Crippen LogP contribution < -0.4 is 0 Å². The molecule has 1 N–H and O–H groups in total. The number of hydrogen-bond donors (Lipinski definition) is 1. The van der Waals surface area contributed by atoms with E-state index >= 15 is 0 Å². The van der Waals surface area contributed by atoms with Crippen LogP contribution in [0.25, 0.3) is 11.4 Å². The second-order valence-corrected chi connectivity index (χ2v) is 6.87. The molecule has 6 nitrogen and oxygen atoms in total. The molecule has 0 radical (unpaired) electrons. The van der Waals surface area contributed by atoms with E-state index in [4.69, 9.17) is 4.98 Å². The zero-order chi connectivity index (χ0) is 18.1. The number of imidazole rings is 1. The number of carbonyl (C=O) groups is 2. The molecular formula is C20H22N4O2. The highest BCUT2D eigenvalue weighted by atomic mass is 16.2. The zero-order valence-corrected chi connectivity index (χ0v) is 14.6. The van der Waals surface area contributed by atoms with Crippen molar-refractivity contribution in [2.24, 2.45) is 5.92 Å². The molecule has 1 saturated heterocycles. The lowest BCUT2D eigenvalue weighted by Crippen LogP contribution is -2.40. The third-order valence-corrected chi connectivity index (χ3v) is 5.10. The smallest absolute Gasteiger partial charge is 0.228 e. The number of benzene rings is 1. The number of hydrogen-bond acceptors (Lipinski definition) is 3. The van der Waals surface area contributed by atoms with Crippen LogP contribution >= 0.6 is 0 Å². The van der Waals surface area contributed by atoms with E-state index in [0.717, 1.165) is 29.2 Å². The van der Waals surface area contributed by atoms with Gasteiger partial charge in [0.2, 0.25) is 11.8 Å². The lowest BCUT2D eigenvalue weighted by Gasteiger charge is -2.28. The molecule has 2 amide bonds. The number of amides is 2. The number of aromatic nitrogens is 2. The van der Waals surface area contributed by atoms with Crippen molar-refractivity contribution in [2.75, 3.05) is 19.6 Å². The minimum Gasteiger partial charge on any atom is -0.340 e. The van der Waals surface area contributed by atoms with Crippen molar-refractivity contribution >= 4 is 11.8 Å². The molecule has 0 saturated carbocycles. The van der Waals surface area contributed by atoms with E-state index in [2.05, 4.69) is 11.6 Å². The van der Waals surface area contributed by atoms with E-state index in [-0.39, 0.29) is 17.7 Å². The van der Waals surface area contributed by atoms with Gasteiger partial charge in [-0.25, -0.2) is 4.98 Å². The Morgan fingerprint density at radius 3 is 2.92 bits per heavy atom. The first-order chi connectivity index (χ1) is 12.7. The fourth-order valence-corrected chi connectivity index (χ4v) is 3.74. The summed E-state index contributed by atoms with van der Waals surface area (Å²) in [5, 5.41) is 0. The van der Waals surface area contributed by atoms with Gasteiger partial charge in [-0.2, -0.15) is 0 Å². The van der Waals surface area contributed by atoms with Crippen LogP contribution in [0.2, 0.25) is 0 Å². The quantitative estimate of drug-likeness (QED) is 0.858. The fourth-order valence-electron chi connectivity index (χ4n) is 3.74. The molecule has 134 valence electrons. The Morgan fingerprint density at radius 2 is 2.15 bits per heavy atom. The summed E-state index contributed by atoms with van der Waals surface area (Å²) in [5.74, 6) is 0.693. The molecule has 0 bridgehead atoms. The molecular weight excluding hydrogens is 328 g/mol. The molecule has 2 aromatic rings. The predicted octanol–water partition coefficient (Wildman–Crippen LogP) is 2.00. The van der Waals surface area contributed by atoms with Crippen LogP contribution in [0.4, 0.5) is 0 Å². The van der Waals surface area contributed by atoms with E-state index in [1.54, 1.807) is 11.0 Å². The summed E-state index contributed by atoms with van der Waals surface area (Å²) in [6, 6.07) is 9.99. The van der Waals surface area contributed by atoms with Gasteiger partial charge in [0.1, 0.15) is 5.82 Å². The average Bonchev–Trinajstić information content (AvgIpc) is 3.25. The molecule has 1 fully saturated rings. The van der Waals surface area contributed by atoms with E-state index in [9.17, 15) is 9.59 Å². The Labute approximate surface area is 152 Å². The van der Waals surface area contributed by atoms with Crippen molar-refractivity contribution in [3.05, 3.63) is 54.4 Å². The van der Waals surface area contributed by atoms with Crippen molar-refractivity contribution in [1.82, 2.24) is 19.8 Å². The first kappa shape index (κ1) is 16.6. The Kier molecular flexibility index (Phi) is 4.32. The van der Waals surface area contributed by atoms with Crippen molar-refractivity contribution < 1.29 is 9.59 Å². The second kappa shape index (κ2) is 6.78. The Balaban J connectivity index is 1.47. The number of likely N-dealkylation sites (tertiary alicyclic amines) is 1. The largest absolute Gasteiger partial charge is 0.340 e. The van der Waals surface area contributed by atoms with Crippen LogP contribution in [-0.2, 0) is 22.6 Å². The second-order valence-electron chi connectivity index (χ2n) is 6.87. The molecule has 2 aliphatic rings. The van der Waals surface area contributed by atoms with E-state index in [1.165, 1.54) is 0 Å². The van der Waals surface area contributed by atoms with Crippen molar-refractivity contribution in [1.29, 1.82) is 0 Å². The van der Waals surface area contributed by atoms with E-state index in [0.29, 0.717) is 32.6 Å². The van der Waals surface area contributed by atoms with Crippen molar-refractivity contribution in [2.45, 2.75) is 19.4 Å². The van der Waals surface area contributed by atoms with E-state index in [1.807, 2.05) is 35.2 Å². The van der Waals surface area contributed by atoms with Crippen LogP contribution in [0.5, 0.6) is 0 Å². The molecule has 26 heavy (non-hydrogen) atoms. The maximum absolute atomic E-state index is 12.9. The molecule has 1 atom stereocenters. The van der Waals surface area contributed by atoms with Gasteiger partial charge < -0.3 is 14.8 Å². The molecule has 0 spiro atoms. The number of nitrogens with one attached hydrogen (secondary N) is 1. The summed E-state index contributed by atoms with van der Waals surface area (Å²) in [7, 11) is 0. The summed E-state index contributed by atoms with van der Waals surface area (Å²) in [5.41, 5.74) is 3.07. The van der Waals surface area contributed by atoms with Crippen LogP contribution in [0.15, 0.2) is 43.0 Å². The lowest BCUT2D eigenvalue weighted by molar-refractivity contribution is -0.136. The molecule has 1 aromatic carbocycles. The highest BCUT2D eigenvalue weighted by Crippen LogP contribution is 2.26. The molecule has 1 aromatic heterocycles. The van der Waals surface area contributed by atoms with Crippen LogP contribution in [0.3, 0.4) is 0 Å². The summed E-state index contributed by atoms with van der Waals surface area (Å²) >= 11 is 0. The predicted molar refractivity (Wildman–Crippen MR) is 98.0 cm³/mol. The van der Waals surface area contributed by atoms with Crippen LogP contribution in [-0.4, -0.2) is 51.2 Å². The maximum Gasteiger partial charge on any atom is 0.228 e. The third kappa shape index (κ3) is 3.03. The van der Waals surface area contributed by atoms with Gasteiger partial charge in [-0.3, -0.25) is 9.59 Å². The topological polar surface area (TPSA) is 69.3 Å². The Bertz CT molecular complexity index is 843. The van der Waals surface area contributed by atoms with Gasteiger partial charge in [0, 0.05) is 38.0 Å². The first-order valence-corrected chi connectivity index (χ1v) is 8.96. The Morgan fingerprint density at radius 1 is 1.35 bits per heavy atom. The van der Waals surface area contributed by atoms with Crippen molar-refractivity contribution in [3.8, 4) is 11.4 Å². The van der Waals surface area contributed by atoms with Gasteiger partial charge in [0.05, 0.1) is 23.9 Å². The summed E-state index contributed by atoms with van der Waals surface area (Å²) in [6.45, 7) is 5.85. The molecule has 3 heterocycles. The van der Waals surface area contributed by atoms with Gasteiger partial charge in [-0.1, -0.05) is 36.4 Å². The summed E-state index contributed by atoms with van der Waals surface area (Å²) in [6.07, 6.45) is 2.74. The standard InChI is InChI=1S/C20H22N4O2/c1-2-9-23-12-15(11-18(23)25)20(26)24-10-8-16-17(13-24)22-19(21-16)14-6-4-3-5-7-14/h2-7,15H,1,8-13H2,(H,21,22)/t15-/m1/s1. The lowest BCUT2D eigenvalue weighted by atomic mass is 10.0. The molecule has 0 unspecified atom stereocenters. The number of fused-ring (bicyclic) bond motifs is 1. The molecule has 0 aliphatic carbocycles. The van der Waals surface area contributed by atoms with Crippen molar-refractivity contribution in [3.63, 3.8) is 0 Å². The number of aromatic amines is 1. The van der Waals surface area contributed by atoms with Gasteiger partial charge in [-0.15, -0.1) is 6.58 Å². The highest BCUT2D eigenvalue weighted by molar-refractivity contribution is 5.89. The summed E-state index contributed by atoms with van der Waals surface area (Å²) < 4.78 is 0. The molecule has 2 aliphatic heterocycles. The van der Waals surface area contributed by atoms with Crippen LogP contribution in [0, 0.1) is 5.92 Å². The Hall–Kier alpha value is -2.89. The van der Waals surface area contributed by atoms with Crippen LogP contribution in [0.1, 0.15) is 17.8 Å². The van der Waals surface area contributed by atoms with E-state index < -0.39 is 0 Å². The number of nitrogens with zero attached hydrogens (tertiary/aromatic N) is 3. The van der Waals surface area contributed by atoms with Gasteiger partial charge in [-0.05, 0) is 0 Å². The normalized spacial score (nSPS) is 19.5. The minimum atomic E-state index is -0.250. The van der Waals surface area contributed by atoms with Gasteiger partial charge in [0.15, 0.2) is 0 Å².